The summed E-state index contributed by atoms with van der Waals surface area (Å²) in [5, 5.41) is 3.41. The van der Waals surface area contributed by atoms with Crippen molar-refractivity contribution in [3.8, 4) is 0 Å². The van der Waals surface area contributed by atoms with Gasteiger partial charge in [-0.25, -0.2) is 4.79 Å². The quantitative estimate of drug-likeness (QED) is 0.851. The van der Waals surface area contributed by atoms with Crippen LogP contribution >= 0.6 is 0 Å². The molecule has 0 radical (unpaired) electrons. The van der Waals surface area contributed by atoms with Crippen LogP contribution in [0.4, 0.5) is 4.39 Å². The van der Waals surface area contributed by atoms with Crippen molar-refractivity contribution in [2.24, 2.45) is 5.92 Å². The highest BCUT2D eigenvalue weighted by Gasteiger charge is 2.20. The molecule has 2 N–H and O–H groups in total. The normalized spacial score (nSPS) is 23.5. The van der Waals surface area contributed by atoms with Crippen LogP contribution in [0.5, 0.6) is 0 Å². The summed E-state index contributed by atoms with van der Waals surface area (Å²) in [6.45, 7) is 3.18. The molecule has 5 nitrogen and oxygen atoms in total. The average Bonchev–Trinajstić information content (AvgIpc) is 2.38. The molecule has 0 aromatic carbocycles. The number of rotatable bonds is 4. The predicted octanol–water partition coefficient (Wildman–Crippen LogP) is 0.844. The number of H-pyrrole nitrogens is 1. The number of nitrogens with one attached hydrogen (secondary N) is 2. The Morgan fingerprint density at radius 2 is 2.16 bits per heavy atom. The topological polar surface area (TPSA) is 66.9 Å². The zero-order valence-corrected chi connectivity index (χ0v) is 11.1. The molecule has 0 aliphatic heterocycles. The highest BCUT2D eigenvalue weighted by atomic mass is 19.1. The number of aromatic amines is 1. The van der Waals surface area contributed by atoms with Crippen molar-refractivity contribution >= 4 is 0 Å². The summed E-state index contributed by atoms with van der Waals surface area (Å²) in [7, 11) is 0. The van der Waals surface area contributed by atoms with Crippen LogP contribution in [-0.2, 0) is 6.54 Å². The van der Waals surface area contributed by atoms with Crippen LogP contribution in [0.1, 0.15) is 32.6 Å². The highest BCUT2D eigenvalue weighted by molar-refractivity contribution is 4.87. The van der Waals surface area contributed by atoms with Gasteiger partial charge in [0.2, 0.25) is 5.82 Å². The van der Waals surface area contributed by atoms with Crippen LogP contribution in [0.25, 0.3) is 0 Å². The Hall–Kier alpha value is -1.43. The SMILES string of the molecule is CC1CCCCC1NCCn1cc(F)c(=O)[nH]c1=O. The van der Waals surface area contributed by atoms with Gasteiger partial charge in [0.25, 0.3) is 5.56 Å². The molecule has 0 saturated heterocycles. The van der Waals surface area contributed by atoms with Gasteiger partial charge < -0.3 is 5.32 Å². The molecule has 1 aromatic rings. The fourth-order valence-corrected chi connectivity index (χ4v) is 2.64. The molecule has 0 bridgehead atoms. The third-order valence-electron chi connectivity index (χ3n) is 3.84. The zero-order chi connectivity index (χ0) is 13.8. The van der Waals surface area contributed by atoms with E-state index in [1.165, 1.54) is 23.8 Å². The lowest BCUT2D eigenvalue weighted by Gasteiger charge is -2.29. The largest absolute Gasteiger partial charge is 0.328 e. The average molecular weight is 269 g/mol. The Balaban J connectivity index is 1.90. The van der Waals surface area contributed by atoms with E-state index in [0.29, 0.717) is 25.0 Å². The first-order valence-electron chi connectivity index (χ1n) is 6.80. The van der Waals surface area contributed by atoms with Crippen LogP contribution in [0.15, 0.2) is 15.8 Å². The maximum Gasteiger partial charge on any atom is 0.328 e. The summed E-state index contributed by atoms with van der Waals surface area (Å²) in [4.78, 5) is 24.3. The van der Waals surface area contributed by atoms with Crippen LogP contribution in [0.2, 0.25) is 0 Å². The van der Waals surface area contributed by atoms with Crippen molar-refractivity contribution in [3.05, 3.63) is 32.9 Å². The lowest BCUT2D eigenvalue weighted by Crippen LogP contribution is -2.40. The zero-order valence-electron chi connectivity index (χ0n) is 11.1. The summed E-state index contributed by atoms with van der Waals surface area (Å²) in [5.41, 5.74) is -1.53. The van der Waals surface area contributed by atoms with Gasteiger partial charge in [-0.15, -0.1) is 0 Å². The fraction of sp³-hybridized carbons (Fsp3) is 0.692. The minimum absolute atomic E-state index is 0.357. The van der Waals surface area contributed by atoms with Crippen molar-refractivity contribution in [2.45, 2.75) is 45.2 Å². The van der Waals surface area contributed by atoms with Crippen molar-refractivity contribution in [1.29, 1.82) is 0 Å². The lowest BCUT2D eigenvalue weighted by atomic mass is 9.86. The smallest absolute Gasteiger partial charge is 0.312 e. The van der Waals surface area contributed by atoms with Crippen molar-refractivity contribution in [3.63, 3.8) is 0 Å². The van der Waals surface area contributed by atoms with E-state index in [1.807, 2.05) is 4.98 Å². The molecule has 1 aromatic heterocycles. The maximum absolute atomic E-state index is 13.1. The first-order valence-corrected chi connectivity index (χ1v) is 6.80. The monoisotopic (exact) mass is 269 g/mol. The van der Waals surface area contributed by atoms with Gasteiger partial charge in [0.05, 0.1) is 6.20 Å². The fourth-order valence-electron chi connectivity index (χ4n) is 2.64. The van der Waals surface area contributed by atoms with Gasteiger partial charge in [-0.2, -0.15) is 4.39 Å². The molecular weight excluding hydrogens is 249 g/mol. The van der Waals surface area contributed by atoms with E-state index in [9.17, 15) is 14.0 Å². The summed E-state index contributed by atoms with van der Waals surface area (Å²) in [6, 6.07) is 0.470. The van der Waals surface area contributed by atoms with Gasteiger partial charge in [0.15, 0.2) is 0 Å². The molecule has 0 spiro atoms. The third kappa shape index (κ3) is 3.53. The van der Waals surface area contributed by atoms with Crippen LogP contribution in [0, 0.1) is 11.7 Å². The van der Waals surface area contributed by atoms with E-state index >= 15 is 0 Å². The molecule has 1 fully saturated rings. The molecule has 106 valence electrons. The Kier molecular flexibility index (Phi) is 4.52. The van der Waals surface area contributed by atoms with Gasteiger partial charge in [0.1, 0.15) is 0 Å². The molecule has 2 atom stereocenters. The number of hydrogen-bond donors (Lipinski definition) is 2. The van der Waals surface area contributed by atoms with Gasteiger partial charge in [-0.1, -0.05) is 19.8 Å². The number of nitrogens with zero attached hydrogens (tertiary/aromatic N) is 1. The van der Waals surface area contributed by atoms with E-state index in [2.05, 4.69) is 12.2 Å². The summed E-state index contributed by atoms with van der Waals surface area (Å²) >= 11 is 0. The van der Waals surface area contributed by atoms with Crippen molar-refractivity contribution in [1.82, 2.24) is 14.9 Å². The Labute approximate surface area is 110 Å². The van der Waals surface area contributed by atoms with E-state index in [4.69, 9.17) is 0 Å². The molecule has 1 aliphatic carbocycles. The van der Waals surface area contributed by atoms with E-state index < -0.39 is 17.1 Å². The molecule has 19 heavy (non-hydrogen) atoms. The first-order chi connectivity index (χ1) is 9.08. The van der Waals surface area contributed by atoms with Gasteiger partial charge >= 0.3 is 5.69 Å². The minimum atomic E-state index is -0.963. The molecular formula is C13H20FN3O2. The molecule has 2 rings (SSSR count). The van der Waals surface area contributed by atoms with Crippen molar-refractivity contribution < 1.29 is 4.39 Å². The minimum Gasteiger partial charge on any atom is -0.312 e. The second kappa shape index (κ2) is 6.14. The standard InChI is InChI=1S/C13H20FN3O2/c1-9-4-2-3-5-11(9)15-6-7-17-8-10(14)12(18)16-13(17)19/h8-9,11,15H,2-7H2,1H3,(H,16,18,19). The van der Waals surface area contributed by atoms with Crippen molar-refractivity contribution in [2.75, 3.05) is 6.54 Å². The second-order valence-corrected chi connectivity index (χ2v) is 5.25. The molecule has 1 heterocycles. The highest BCUT2D eigenvalue weighted by Crippen LogP contribution is 2.23. The summed E-state index contributed by atoms with van der Waals surface area (Å²) < 4.78 is 14.3. The summed E-state index contributed by atoms with van der Waals surface area (Å²) in [6.07, 6.45) is 5.85. The Bertz CT molecular complexity index is 537. The number of halogens is 1. The first kappa shape index (κ1) is 14.0. The molecule has 1 aliphatic rings. The molecule has 1 saturated carbocycles. The van der Waals surface area contributed by atoms with E-state index in [-0.39, 0.29) is 0 Å². The number of aromatic nitrogens is 2. The number of hydrogen-bond acceptors (Lipinski definition) is 3. The van der Waals surface area contributed by atoms with Crippen LogP contribution in [-0.4, -0.2) is 22.1 Å². The Morgan fingerprint density at radius 1 is 1.42 bits per heavy atom. The van der Waals surface area contributed by atoms with Gasteiger partial charge in [-0.05, 0) is 18.8 Å². The summed E-state index contributed by atoms with van der Waals surface area (Å²) in [5.74, 6) is -0.288. The van der Waals surface area contributed by atoms with Gasteiger partial charge in [0, 0.05) is 19.1 Å². The molecule has 2 unspecified atom stereocenters. The Morgan fingerprint density at radius 3 is 2.89 bits per heavy atom. The van der Waals surface area contributed by atoms with Crippen LogP contribution < -0.4 is 16.6 Å². The maximum atomic E-state index is 13.1. The van der Waals surface area contributed by atoms with Gasteiger partial charge in [-0.3, -0.25) is 14.3 Å². The second-order valence-electron chi connectivity index (χ2n) is 5.25. The predicted molar refractivity (Wildman–Crippen MR) is 70.7 cm³/mol. The van der Waals surface area contributed by atoms with E-state index in [0.717, 1.165) is 12.6 Å². The molecule has 6 heteroatoms. The third-order valence-corrected chi connectivity index (χ3v) is 3.84. The van der Waals surface area contributed by atoms with Crippen LogP contribution in [0.3, 0.4) is 0 Å². The van der Waals surface area contributed by atoms with E-state index in [1.54, 1.807) is 0 Å². The molecule has 0 amide bonds. The lowest BCUT2D eigenvalue weighted by molar-refractivity contribution is 0.277.